The van der Waals surface area contributed by atoms with Crippen LogP contribution in [0.3, 0.4) is 0 Å². The van der Waals surface area contributed by atoms with Gasteiger partial charge in [0.2, 0.25) is 11.0 Å². The number of carbonyl (C=O) groups is 2. The molecule has 2 fully saturated rings. The summed E-state index contributed by atoms with van der Waals surface area (Å²) in [5.74, 6) is 0.166. The second kappa shape index (κ2) is 8.57. The summed E-state index contributed by atoms with van der Waals surface area (Å²) >= 11 is 1.38. The average molecular weight is 367 g/mol. The number of amides is 2. The van der Waals surface area contributed by atoms with Crippen molar-refractivity contribution < 1.29 is 14.3 Å². The van der Waals surface area contributed by atoms with E-state index < -0.39 is 0 Å². The fourth-order valence-corrected chi connectivity index (χ4v) is 3.95. The number of nitrogens with two attached hydrogens (primary N) is 1. The number of rotatable bonds is 6. The molecular weight excluding hydrogens is 342 g/mol. The average Bonchev–Trinajstić information content (AvgIpc) is 3.30. The fraction of sp³-hybridized carbons (Fsp3) is 0.750. The SMILES string of the molecule is Nc1nnc(CCCNC(=O)C2CCN(C(=O)[C@H]3CCCO3)CC2)s1. The number of piperidine rings is 1. The van der Waals surface area contributed by atoms with E-state index in [9.17, 15) is 9.59 Å². The first-order valence-corrected chi connectivity index (χ1v) is 9.71. The highest BCUT2D eigenvalue weighted by Gasteiger charge is 2.32. The predicted molar refractivity (Wildman–Crippen MR) is 93.9 cm³/mol. The van der Waals surface area contributed by atoms with Gasteiger partial charge in [-0.2, -0.15) is 0 Å². The second-order valence-corrected chi connectivity index (χ2v) is 7.62. The molecule has 2 aliphatic rings. The summed E-state index contributed by atoms with van der Waals surface area (Å²) in [6.45, 7) is 2.58. The van der Waals surface area contributed by atoms with Crippen molar-refractivity contribution in [2.24, 2.45) is 5.92 Å². The lowest BCUT2D eigenvalue weighted by Crippen LogP contribution is -2.46. The van der Waals surface area contributed by atoms with Gasteiger partial charge >= 0.3 is 0 Å². The molecular formula is C16H25N5O3S. The predicted octanol–water partition coefficient (Wildman–Crippen LogP) is 0.587. The molecule has 1 aromatic heterocycles. The molecule has 1 atom stereocenters. The number of ether oxygens (including phenoxy) is 1. The van der Waals surface area contributed by atoms with Crippen molar-refractivity contribution in [3.05, 3.63) is 5.01 Å². The first-order chi connectivity index (χ1) is 12.1. The number of hydrogen-bond donors (Lipinski definition) is 2. The zero-order valence-electron chi connectivity index (χ0n) is 14.3. The van der Waals surface area contributed by atoms with Crippen LogP contribution in [0.4, 0.5) is 5.13 Å². The molecule has 0 aliphatic carbocycles. The van der Waals surface area contributed by atoms with Crippen LogP contribution in [-0.4, -0.2) is 59.3 Å². The maximum atomic E-state index is 12.3. The molecule has 0 saturated carbocycles. The lowest BCUT2D eigenvalue weighted by atomic mass is 9.95. The molecule has 1 aromatic rings. The Bertz CT molecular complexity index is 594. The maximum absolute atomic E-state index is 12.3. The van der Waals surface area contributed by atoms with Gasteiger partial charge in [-0.3, -0.25) is 9.59 Å². The normalized spacial score (nSPS) is 21.4. The molecule has 25 heavy (non-hydrogen) atoms. The number of aromatic nitrogens is 2. The molecule has 0 radical (unpaired) electrons. The van der Waals surface area contributed by atoms with Crippen molar-refractivity contribution in [3.63, 3.8) is 0 Å². The minimum absolute atomic E-state index is 0.00859. The van der Waals surface area contributed by atoms with Gasteiger partial charge in [0.1, 0.15) is 11.1 Å². The van der Waals surface area contributed by atoms with Gasteiger partial charge in [-0.25, -0.2) is 0 Å². The minimum atomic E-state index is -0.264. The molecule has 2 aliphatic heterocycles. The van der Waals surface area contributed by atoms with Gasteiger partial charge in [-0.05, 0) is 32.1 Å². The van der Waals surface area contributed by atoms with Crippen LogP contribution < -0.4 is 11.1 Å². The summed E-state index contributed by atoms with van der Waals surface area (Å²) in [7, 11) is 0. The van der Waals surface area contributed by atoms with Crippen LogP contribution in [0.15, 0.2) is 0 Å². The van der Waals surface area contributed by atoms with E-state index in [1.807, 2.05) is 4.90 Å². The zero-order chi connectivity index (χ0) is 17.6. The summed E-state index contributed by atoms with van der Waals surface area (Å²) in [5.41, 5.74) is 5.54. The number of nitrogen functional groups attached to an aromatic ring is 1. The van der Waals surface area contributed by atoms with Crippen LogP contribution in [0.1, 0.15) is 37.1 Å². The third kappa shape index (κ3) is 4.88. The molecule has 0 aromatic carbocycles. The lowest BCUT2D eigenvalue weighted by Gasteiger charge is -2.32. The molecule has 3 N–H and O–H groups in total. The highest BCUT2D eigenvalue weighted by Crippen LogP contribution is 2.21. The largest absolute Gasteiger partial charge is 0.374 e. The van der Waals surface area contributed by atoms with Crippen molar-refractivity contribution in [1.29, 1.82) is 0 Å². The van der Waals surface area contributed by atoms with E-state index in [2.05, 4.69) is 15.5 Å². The Morgan fingerprint density at radius 2 is 2.08 bits per heavy atom. The number of carbonyl (C=O) groups excluding carboxylic acids is 2. The lowest BCUT2D eigenvalue weighted by molar-refractivity contribution is -0.143. The number of nitrogens with zero attached hydrogens (tertiary/aromatic N) is 3. The first kappa shape index (κ1) is 18.1. The highest BCUT2D eigenvalue weighted by molar-refractivity contribution is 7.15. The van der Waals surface area contributed by atoms with E-state index in [4.69, 9.17) is 10.5 Å². The third-order valence-corrected chi connectivity index (χ3v) is 5.54. The quantitative estimate of drug-likeness (QED) is 0.712. The van der Waals surface area contributed by atoms with Crippen LogP contribution in [0.5, 0.6) is 0 Å². The molecule has 0 spiro atoms. The summed E-state index contributed by atoms with van der Waals surface area (Å²) in [6, 6.07) is 0. The van der Waals surface area contributed by atoms with Gasteiger partial charge in [0.05, 0.1) is 0 Å². The van der Waals surface area contributed by atoms with Crippen molar-refractivity contribution >= 4 is 28.3 Å². The van der Waals surface area contributed by atoms with Crippen LogP contribution in [0.25, 0.3) is 0 Å². The monoisotopic (exact) mass is 367 g/mol. The number of nitrogens with one attached hydrogen (secondary N) is 1. The summed E-state index contributed by atoms with van der Waals surface area (Å²) in [6.07, 6.45) is 4.53. The first-order valence-electron chi connectivity index (χ1n) is 8.89. The van der Waals surface area contributed by atoms with Crippen molar-refractivity contribution in [3.8, 4) is 0 Å². The molecule has 0 unspecified atom stereocenters. The molecule has 3 rings (SSSR count). The minimum Gasteiger partial charge on any atom is -0.374 e. The van der Waals surface area contributed by atoms with Crippen LogP contribution in [-0.2, 0) is 20.7 Å². The molecule has 3 heterocycles. The van der Waals surface area contributed by atoms with E-state index in [1.165, 1.54) is 11.3 Å². The van der Waals surface area contributed by atoms with Gasteiger partial charge < -0.3 is 20.7 Å². The second-order valence-electron chi connectivity index (χ2n) is 6.53. The van der Waals surface area contributed by atoms with E-state index >= 15 is 0 Å². The highest BCUT2D eigenvalue weighted by atomic mass is 32.1. The summed E-state index contributed by atoms with van der Waals surface area (Å²) < 4.78 is 5.46. The molecule has 138 valence electrons. The molecule has 2 saturated heterocycles. The summed E-state index contributed by atoms with van der Waals surface area (Å²) in [4.78, 5) is 26.4. The molecule has 0 bridgehead atoms. The Hall–Kier alpha value is -1.74. The number of hydrogen-bond acceptors (Lipinski definition) is 7. The van der Waals surface area contributed by atoms with Crippen LogP contribution in [0, 0.1) is 5.92 Å². The maximum Gasteiger partial charge on any atom is 0.251 e. The Balaban J connectivity index is 1.33. The van der Waals surface area contributed by atoms with Gasteiger partial charge in [0, 0.05) is 38.6 Å². The van der Waals surface area contributed by atoms with Crippen LogP contribution in [0.2, 0.25) is 0 Å². The van der Waals surface area contributed by atoms with Gasteiger partial charge in [-0.15, -0.1) is 10.2 Å². The number of likely N-dealkylation sites (tertiary alicyclic amines) is 1. The zero-order valence-corrected chi connectivity index (χ0v) is 15.1. The van der Waals surface area contributed by atoms with Crippen molar-refractivity contribution in [1.82, 2.24) is 20.4 Å². The van der Waals surface area contributed by atoms with E-state index in [-0.39, 0.29) is 23.8 Å². The molecule has 9 heteroatoms. The van der Waals surface area contributed by atoms with Crippen molar-refractivity contribution in [2.75, 3.05) is 32.0 Å². The molecule has 2 amide bonds. The third-order valence-electron chi connectivity index (χ3n) is 4.73. The van der Waals surface area contributed by atoms with Gasteiger partial charge in [0.15, 0.2) is 0 Å². The number of aryl methyl sites for hydroxylation is 1. The Morgan fingerprint density at radius 1 is 1.28 bits per heavy atom. The van der Waals surface area contributed by atoms with E-state index in [1.54, 1.807) is 0 Å². The van der Waals surface area contributed by atoms with Crippen molar-refractivity contribution in [2.45, 2.75) is 44.6 Å². The smallest absolute Gasteiger partial charge is 0.251 e. The standard InChI is InChI=1S/C16H25N5O3S/c17-16-20-19-13(25-16)4-1-7-18-14(22)11-5-8-21(9-6-11)15(23)12-3-2-10-24-12/h11-12H,1-10H2,(H2,17,20)(H,18,22)/t12-/m1/s1. The molecule has 8 nitrogen and oxygen atoms in total. The van der Waals surface area contributed by atoms with Gasteiger partial charge in [0.25, 0.3) is 5.91 Å². The fourth-order valence-electron chi connectivity index (χ4n) is 3.30. The summed E-state index contributed by atoms with van der Waals surface area (Å²) in [5, 5.41) is 12.1. The van der Waals surface area contributed by atoms with E-state index in [0.717, 1.165) is 43.5 Å². The Labute approximate surface area is 151 Å². The topological polar surface area (TPSA) is 110 Å². The Kier molecular flexibility index (Phi) is 6.19. The van der Waals surface area contributed by atoms with Gasteiger partial charge in [-0.1, -0.05) is 11.3 Å². The number of anilines is 1. The Morgan fingerprint density at radius 3 is 2.72 bits per heavy atom. The van der Waals surface area contributed by atoms with Crippen LogP contribution >= 0.6 is 11.3 Å². The van der Waals surface area contributed by atoms with E-state index in [0.29, 0.717) is 31.4 Å².